The van der Waals surface area contributed by atoms with E-state index in [9.17, 15) is 0 Å². The highest BCUT2D eigenvalue weighted by molar-refractivity contribution is 7.16. The maximum absolute atomic E-state index is 5.61. The quantitative estimate of drug-likeness (QED) is 0.393. The summed E-state index contributed by atoms with van der Waals surface area (Å²) in [6, 6.07) is 2.02. The summed E-state index contributed by atoms with van der Waals surface area (Å²) < 4.78 is 5.61. The van der Waals surface area contributed by atoms with E-state index in [0.717, 1.165) is 48.1 Å². The van der Waals surface area contributed by atoms with Crippen LogP contribution in [0.3, 0.4) is 0 Å². The highest BCUT2D eigenvalue weighted by atomic mass is 32.1. The lowest BCUT2D eigenvalue weighted by atomic mass is 10.3. The van der Waals surface area contributed by atoms with Gasteiger partial charge in [0.1, 0.15) is 10.6 Å². The van der Waals surface area contributed by atoms with Crippen molar-refractivity contribution in [1.29, 1.82) is 0 Å². The average Bonchev–Trinajstić information content (AvgIpc) is 3.17. The Morgan fingerprint density at radius 3 is 3.10 bits per heavy atom. The Kier molecular flexibility index (Phi) is 4.29. The molecule has 0 aliphatic heterocycles. The predicted octanol–water partition coefficient (Wildman–Crippen LogP) is 2.21. The minimum absolute atomic E-state index is 0.437. The van der Waals surface area contributed by atoms with Crippen LogP contribution >= 0.6 is 11.3 Å². The lowest BCUT2D eigenvalue weighted by Gasteiger charge is -2.08. The van der Waals surface area contributed by atoms with E-state index in [2.05, 4.69) is 20.7 Å². The fraction of sp³-hybridized carbons (Fsp3) is 0.538. The molecule has 6 nitrogen and oxygen atoms in total. The van der Waals surface area contributed by atoms with Crippen LogP contribution in [-0.4, -0.2) is 29.7 Å². The minimum atomic E-state index is 0.437. The lowest BCUT2D eigenvalue weighted by molar-refractivity contribution is 0.124. The monoisotopic (exact) mass is 293 g/mol. The topological polar surface area (TPSA) is 85.1 Å². The summed E-state index contributed by atoms with van der Waals surface area (Å²) in [5.74, 6) is 7.48. The van der Waals surface area contributed by atoms with Crippen LogP contribution in [0.15, 0.2) is 11.4 Å². The van der Waals surface area contributed by atoms with Crippen molar-refractivity contribution >= 4 is 33.3 Å². The van der Waals surface area contributed by atoms with E-state index in [1.165, 1.54) is 12.8 Å². The molecule has 1 fully saturated rings. The molecule has 0 amide bonds. The molecule has 7 heteroatoms. The number of nitrogen functional groups attached to an aromatic ring is 1. The summed E-state index contributed by atoms with van der Waals surface area (Å²) in [7, 11) is 0. The van der Waals surface area contributed by atoms with Crippen LogP contribution in [0.2, 0.25) is 0 Å². The van der Waals surface area contributed by atoms with E-state index in [0.29, 0.717) is 5.95 Å². The smallest absolute Gasteiger partial charge is 0.240 e. The van der Waals surface area contributed by atoms with E-state index >= 15 is 0 Å². The van der Waals surface area contributed by atoms with Gasteiger partial charge in [-0.3, -0.25) is 5.43 Å². The molecular weight excluding hydrogens is 274 g/mol. The molecule has 0 radical (unpaired) electrons. The molecule has 1 aliphatic rings. The molecule has 0 saturated heterocycles. The van der Waals surface area contributed by atoms with Crippen molar-refractivity contribution < 1.29 is 4.74 Å². The largest absolute Gasteiger partial charge is 0.381 e. The number of nitrogens with zero attached hydrogens (tertiary/aromatic N) is 2. The van der Waals surface area contributed by atoms with Crippen LogP contribution in [0.1, 0.15) is 19.3 Å². The molecular formula is C13H19N5OS. The van der Waals surface area contributed by atoms with Gasteiger partial charge in [0.05, 0.1) is 5.39 Å². The van der Waals surface area contributed by atoms with Gasteiger partial charge in [-0.15, -0.1) is 11.3 Å². The number of hydrogen-bond donors (Lipinski definition) is 3. The zero-order chi connectivity index (χ0) is 13.8. The summed E-state index contributed by atoms with van der Waals surface area (Å²) in [4.78, 5) is 9.59. The van der Waals surface area contributed by atoms with Crippen molar-refractivity contribution in [2.24, 2.45) is 11.8 Å². The first-order valence-electron chi connectivity index (χ1n) is 6.90. The van der Waals surface area contributed by atoms with Gasteiger partial charge in [-0.05, 0) is 36.6 Å². The lowest BCUT2D eigenvalue weighted by Crippen LogP contribution is -2.13. The van der Waals surface area contributed by atoms with Crippen LogP contribution in [0, 0.1) is 5.92 Å². The second kappa shape index (κ2) is 6.34. The molecule has 0 unspecified atom stereocenters. The van der Waals surface area contributed by atoms with Gasteiger partial charge in [-0.1, -0.05) is 0 Å². The molecule has 3 rings (SSSR count). The van der Waals surface area contributed by atoms with E-state index in [1.54, 1.807) is 11.3 Å². The first-order valence-corrected chi connectivity index (χ1v) is 7.78. The molecule has 0 aromatic carbocycles. The van der Waals surface area contributed by atoms with Crippen LogP contribution in [-0.2, 0) is 4.74 Å². The third-order valence-corrected chi connectivity index (χ3v) is 4.07. The van der Waals surface area contributed by atoms with Crippen molar-refractivity contribution in [2.75, 3.05) is 30.5 Å². The zero-order valence-electron chi connectivity index (χ0n) is 11.3. The summed E-state index contributed by atoms with van der Waals surface area (Å²) in [6.45, 7) is 2.55. The summed E-state index contributed by atoms with van der Waals surface area (Å²) in [5.41, 5.74) is 2.50. The van der Waals surface area contributed by atoms with Gasteiger partial charge in [0.15, 0.2) is 0 Å². The maximum atomic E-state index is 5.61. The standard InChI is InChI=1S/C13H19N5OS/c14-18-13-16-11(10-4-7-20-12(10)17-13)15-5-1-6-19-8-9-2-3-9/h4,7,9H,1-3,5-6,8,14H2,(H2,15,16,17,18). The van der Waals surface area contributed by atoms with Gasteiger partial charge in [0.2, 0.25) is 5.95 Å². The number of rotatable bonds is 8. The Morgan fingerprint density at radius 1 is 1.40 bits per heavy atom. The molecule has 1 saturated carbocycles. The SMILES string of the molecule is NNc1nc(NCCCOCC2CC2)c2ccsc2n1. The van der Waals surface area contributed by atoms with Gasteiger partial charge >= 0.3 is 0 Å². The molecule has 2 aromatic rings. The average molecular weight is 293 g/mol. The number of fused-ring (bicyclic) bond motifs is 1. The van der Waals surface area contributed by atoms with Crippen molar-refractivity contribution in [3.05, 3.63) is 11.4 Å². The number of hydrazine groups is 1. The number of ether oxygens (including phenoxy) is 1. The Hall–Kier alpha value is -1.44. The van der Waals surface area contributed by atoms with Gasteiger partial charge in [-0.25, -0.2) is 10.8 Å². The fourth-order valence-corrected chi connectivity index (χ4v) is 2.73. The highest BCUT2D eigenvalue weighted by Crippen LogP contribution is 2.29. The van der Waals surface area contributed by atoms with Crippen LogP contribution in [0.4, 0.5) is 11.8 Å². The van der Waals surface area contributed by atoms with Crippen molar-refractivity contribution in [3.63, 3.8) is 0 Å². The van der Waals surface area contributed by atoms with E-state index < -0.39 is 0 Å². The van der Waals surface area contributed by atoms with Crippen molar-refractivity contribution in [1.82, 2.24) is 9.97 Å². The molecule has 0 atom stereocenters. The molecule has 20 heavy (non-hydrogen) atoms. The van der Waals surface area contributed by atoms with Gasteiger partial charge in [0.25, 0.3) is 0 Å². The first kappa shape index (κ1) is 13.5. The Balaban J connectivity index is 1.51. The van der Waals surface area contributed by atoms with Crippen LogP contribution in [0.25, 0.3) is 10.2 Å². The summed E-state index contributed by atoms with van der Waals surface area (Å²) in [5, 5.41) is 6.37. The van der Waals surface area contributed by atoms with E-state index in [4.69, 9.17) is 10.6 Å². The summed E-state index contributed by atoms with van der Waals surface area (Å²) in [6.07, 6.45) is 3.64. The first-order chi connectivity index (χ1) is 9.86. The predicted molar refractivity (Wildman–Crippen MR) is 81.9 cm³/mol. The number of thiophene rings is 1. The number of hydrogen-bond acceptors (Lipinski definition) is 7. The highest BCUT2D eigenvalue weighted by Gasteiger charge is 2.20. The Morgan fingerprint density at radius 2 is 2.30 bits per heavy atom. The molecule has 0 bridgehead atoms. The van der Waals surface area contributed by atoms with Gasteiger partial charge in [0, 0.05) is 19.8 Å². The minimum Gasteiger partial charge on any atom is -0.381 e. The van der Waals surface area contributed by atoms with Crippen LogP contribution in [0.5, 0.6) is 0 Å². The second-order valence-corrected chi connectivity index (χ2v) is 5.87. The summed E-state index contributed by atoms with van der Waals surface area (Å²) >= 11 is 1.58. The molecule has 0 spiro atoms. The molecule has 2 heterocycles. The third kappa shape index (κ3) is 3.36. The molecule has 2 aromatic heterocycles. The van der Waals surface area contributed by atoms with Gasteiger partial charge < -0.3 is 10.1 Å². The normalized spacial score (nSPS) is 14.7. The second-order valence-electron chi connectivity index (χ2n) is 4.98. The third-order valence-electron chi connectivity index (χ3n) is 3.26. The fourth-order valence-electron chi connectivity index (χ4n) is 1.97. The zero-order valence-corrected chi connectivity index (χ0v) is 12.1. The van der Waals surface area contributed by atoms with Crippen molar-refractivity contribution in [3.8, 4) is 0 Å². The van der Waals surface area contributed by atoms with Crippen molar-refractivity contribution in [2.45, 2.75) is 19.3 Å². The Bertz CT molecular complexity index is 569. The van der Waals surface area contributed by atoms with E-state index in [1.807, 2.05) is 11.4 Å². The number of nitrogens with two attached hydrogens (primary N) is 1. The number of nitrogens with one attached hydrogen (secondary N) is 2. The van der Waals surface area contributed by atoms with Gasteiger partial charge in [-0.2, -0.15) is 4.98 Å². The van der Waals surface area contributed by atoms with Crippen LogP contribution < -0.4 is 16.6 Å². The molecule has 108 valence electrons. The number of anilines is 2. The Labute approximate surface area is 121 Å². The number of aromatic nitrogens is 2. The molecule has 4 N–H and O–H groups in total. The van der Waals surface area contributed by atoms with E-state index in [-0.39, 0.29) is 0 Å². The maximum Gasteiger partial charge on any atom is 0.240 e. The molecule has 1 aliphatic carbocycles.